The first kappa shape index (κ1) is 18.5. The first-order valence-electron chi connectivity index (χ1n) is 6.91. The predicted molar refractivity (Wildman–Crippen MR) is 91.2 cm³/mol. The van der Waals surface area contributed by atoms with Crippen LogP contribution in [0.5, 0.6) is 0 Å². The van der Waals surface area contributed by atoms with Gasteiger partial charge < -0.3 is 4.74 Å². The minimum Gasteiger partial charge on any atom is -0.458 e. The van der Waals surface area contributed by atoms with E-state index in [0.717, 1.165) is 21.5 Å². The Morgan fingerprint density at radius 2 is 2.05 bits per heavy atom. The highest BCUT2D eigenvalue weighted by Crippen LogP contribution is 2.31. The second-order valence-corrected chi connectivity index (χ2v) is 8.98. The van der Waals surface area contributed by atoms with Gasteiger partial charge in [0.15, 0.2) is 8.68 Å². The molecule has 1 aromatic rings. The SMILES string of the molecule is C=C(C)C(=O)OC(CCC)CSc1nnc(SC(C)C)s1. The Morgan fingerprint density at radius 3 is 2.62 bits per heavy atom. The van der Waals surface area contributed by atoms with Gasteiger partial charge >= 0.3 is 5.97 Å². The summed E-state index contributed by atoms with van der Waals surface area (Å²) in [4.78, 5) is 11.6. The first-order chi connectivity index (χ1) is 9.92. The highest BCUT2D eigenvalue weighted by atomic mass is 32.2. The third-order valence-corrected chi connectivity index (χ3v) is 5.63. The van der Waals surface area contributed by atoms with Crippen LogP contribution in [0.25, 0.3) is 0 Å². The largest absolute Gasteiger partial charge is 0.458 e. The molecule has 1 aromatic heterocycles. The summed E-state index contributed by atoms with van der Waals surface area (Å²) in [5.41, 5.74) is 0.438. The van der Waals surface area contributed by atoms with E-state index in [0.29, 0.717) is 16.6 Å². The van der Waals surface area contributed by atoms with Gasteiger partial charge in [0, 0.05) is 16.6 Å². The molecule has 0 radical (unpaired) electrons. The third kappa shape index (κ3) is 7.33. The standard InChI is InChI=1S/C14H22N2O2S3/c1-6-7-11(18-12(17)9(2)3)8-19-13-15-16-14(21-13)20-10(4)5/h10-11H,2,6-8H2,1,3-5H3. The summed E-state index contributed by atoms with van der Waals surface area (Å²) >= 11 is 4.90. The summed E-state index contributed by atoms with van der Waals surface area (Å²) < 4.78 is 7.34. The Labute approximate surface area is 139 Å². The van der Waals surface area contributed by atoms with Crippen LogP contribution in [0.1, 0.15) is 40.5 Å². The molecule has 0 bridgehead atoms. The molecule has 1 heterocycles. The van der Waals surface area contributed by atoms with Crippen molar-refractivity contribution in [2.45, 2.75) is 60.6 Å². The second kappa shape index (κ2) is 9.48. The van der Waals surface area contributed by atoms with Crippen LogP contribution in [0.15, 0.2) is 20.8 Å². The van der Waals surface area contributed by atoms with Gasteiger partial charge in [-0.05, 0) is 13.3 Å². The number of carbonyl (C=O) groups is 1. The fraction of sp³-hybridized carbons (Fsp3) is 0.643. The zero-order valence-corrected chi connectivity index (χ0v) is 15.4. The smallest absolute Gasteiger partial charge is 0.333 e. The summed E-state index contributed by atoms with van der Waals surface area (Å²) in [5, 5.41) is 8.83. The Hall–Kier alpha value is -0.530. The average molecular weight is 347 g/mol. The van der Waals surface area contributed by atoms with Crippen LogP contribution in [0, 0.1) is 0 Å². The number of nitrogens with zero attached hydrogens (tertiary/aromatic N) is 2. The van der Waals surface area contributed by atoms with Crippen LogP contribution in [0.3, 0.4) is 0 Å². The molecule has 0 amide bonds. The fourth-order valence-corrected chi connectivity index (χ4v) is 4.73. The van der Waals surface area contributed by atoms with Crippen molar-refractivity contribution in [3.05, 3.63) is 12.2 Å². The Bertz CT molecular complexity index is 475. The number of ether oxygens (including phenoxy) is 1. The molecule has 0 aromatic carbocycles. The van der Waals surface area contributed by atoms with Gasteiger partial charge in [-0.2, -0.15) is 0 Å². The zero-order valence-electron chi connectivity index (χ0n) is 12.9. The minimum atomic E-state index is -0.317. The van der Waals surface area contributed by atoms with Crippen molar-refractivity contribution in [1.82, 2.24) is 10.2 Å². The molecule has 0 saturated heterocycles. The maximum absolute atomic E-state index is 11.6. The van der Waals surface area contributed by atoms with E-state index in [2.05, 4.69) is 37.5 Å². The van der Waals surface area contributed by atoms with E-state index in [1.54, 1.807) is 41.8 Å². The molecule has 1 atom stereocenters. The van der Waals surface area contributed by atoms with Crippen molar-refractivity contribution in [3.63, 3.8) is 0 Å². The minimum absolute atomic E-state index is 0.102. The number of hydrogen-bond donors (Lipinski definition) is 0. The summed E-state index contributed by atoms with van der Waals surface area (Å²) in [7, 11) is 0. The lowest BCUT2D eigenvalue weighted by Gasteiger charge is -2.16. The van der Waals surface area contributed by atoms with E-state index in [9.17, 15) is 4.79 Å². The molecule has 7 heteroatoms. The number of aromatic nitrogens is 2. The topological polar surface area (TPSA) is 52.1 Å². The highest BCUT2D eigenvalue weighted by molar-refractivity contribution is 8.03. The lowest BCUT2D eigenvalue weighted by Crippen LogP contribution is -2.20. The Kier molecular flexibility index (Phi) is 8.36. The number of rotatable bonds is 9. The van der Waals surface area contributed by atoms with Crippen LogP contribution in [0.4, 0.5) is 0 Å². The molecule has 1 unspecified atom stereocenters. The van der Waals surface area contributed by atoms with Gasteiger partial charge in [-0.3, -0.25) is 0 Å². The number of thioether (sulfide) groups is 2. The lowest BCUT2D eigenvalue weighted by atomic mass is 10.2. The molecule has 0 N–H and O–H groups in total. The van der Waals surface area contributed by atoms with Crippen LogP contribution in [0.2, 0.25) is 0 Å². The third-order valence-electron chi connectivity index (χ3n) is 2.35. The van der Waals surface area contributed by atoms with E-state index < -0.39 is 0 Å². The molecule has 21 heavy (non-hydrogen) atoms. The molecule has 0 fully saturated rings. The maximum Gasteiger partial charge on any atom is 0.333 e. The van der Waals surface area contributed by atoms with Crippen molar-refractivity contribution in [2.75, 3.05) is 5.75 Å². The van der Waals surface area contributed by atoms with Gasteiger partial charge in [0.1, 0.15) is 6.10 Å². The van der Waals surface area contributed by atoms with Crippen molar-refractivity contribution in [2.24, 2.45) is 0 Å². The fourth-order valence-electron chi connectivity index (χ4n) is 1.42. The molecule has 0 spiro atoms. The molecule has 4 nitrogen and oxygen atoms in total. The van der Waals surface area contributed by atoms with E-state index in [1.165, 1.54) is 0 Å². The second-order valence-electron chi connectivity index (χ2n) is 4.91. The maximum atomic E-state index is 11.6. The van der Waals surface area contributed by atoms with E-state index >= 15 is 0 Å². The van der Waals surface area contributed by atoms with E-state index in [1.807, 2.05) is 0 Å². The number of hydrogen-bond acceptors (Lipinski definition) is 7. The first-order valence-corrected chi connectivity index (χ1v) is 9.60. The molecule has 1 rings (SSSR count). The van der Waals surface area contributed by atoms with Gasteiger partial charge in [0.2, 0.25) is 0 Å². The number of esters is 1. The van der Waals surface area contributed by atoms with Crippen molar-refractivity contribution < 1.29 is 9.53 Å². The van der Waals surface area contributed by atoms with Crippen LogP contribution in [-0.2, 0) is 9.53 Å². The van der Waals surface area contributed by atoms with Crippen LogP contribution >= 0.6 is 34.9 Å². The van der Waals surface area contributed by atoms with Gasteiger partial charge in [-0.1, -0.05) is 68.6 Å². The Morgan fingerprint density at radius 1 is 1.38 bits per heavy atom. The normalized spacial score (nSPS) is 12.4. The van der Waals surface area contributed by atoms with Gasteiger partial charge in [-0.25, -0.2) is 4.79 Å². The summed E-state index contributed by atoms with van der Waals surface area (Å²) in [6, 6.07) is 0. The quantitative estimate of drug-likeness (QED) is 0.375. The number of carbonyl (C=O) groups excluding carboxylic acids is 1. The van der Waals surface area contributed by atoms with E-state index in [-0.39, 0.29) is 12.1 Å². The molecule has 0 saturated carbocycles. The summed E-state index contributed by atoms with van der Waals surface area (Å²) in [6.45, 7) is 11.6. The highest BCUT2D eigenvalue weighted by Gasteiger charge is 2.16. The molecule has 0 aliphatic rings. The van der Waals surface area contributed by atoms with Crippen LogP contribution < -0.4 is 0 Å². The van der Waals surface area contributed by atoms with Crippen molar-refractivity contribution in [1.29, 1.82) is 0 Å². The predicted octanol–water partition coefficient (Wildman–Crippen LogP) is 4.42. The van der Waals surface area contributed by atoms with Crippen molar-refractivity contribution >= 4 is 40.8 Å². The molecule has 118 valence electrons. The lowest BCUT2D eigenvalue weighted by molar-refractivity contribution is -0.143. The molecule has 0 aliphatic heterocycles. The average Bonchev–Trinajstić information content (AvgIpc) is 2.82. The van der Waals surface area contributed by atoms with E-state index in [4.69, 9.17) is 4.74 Å². The van der Waals surface area contributed by atoms with Crippen molar-refractivity contribution in [3.8, 4) is 0 Å². The summed E-state index contributed by atoms with van der Waals surface area (Å²) in [5.74, 6) is 0.385. The molecule has 0 aliphatic carbocycles. The summed E-state index contributed by atoms with van der Waals surface area (Å²) in [6.07, 6.45) is 1.71. The zero-order chi connectivity index (χ0) is 15.8. The van der Waals surface area contributed by atoms with Gasteiger partial charge in [-0.15, -0.1) is 10.2 Å². The monoisotopic (exact) mass is 346 g/mol. The van der Waals surface area contributed by atoms with Gasteiger partial charge in [0.05, 0.1) is 0 Å². The molecular weight excluding hydrogens is 324 g/mol. The van der Waals surface area contributed by atoms with Crippen LogP contribution in [-0.4, -0.2) is 33.3 Å². The Balaban J connectivity index is 2.50. The van der Waals surface area contributed by atoms with Gasteiger partial charge in [0.25, 0.3) is 0 Å². The molecular formula is C14H22N2O2S3.